The number of nitrogens with zero attached hydrogens (tertiary/aromatic N) is 1. The van der Waals surface area contributed by atoms with E-state index in [0.29, 0.717) is 0 Å². The van der Waals surface area contributed by atoms with Crippen molar-refractivity contribution in [2.45, 2.75) is 45.6 Å². The zero-order valence-corrected chi connectivity index (χ0v) is 11.3. The van der Waals surface area contributed by atoms with E-state index in [1.165, 1.54) is 6.07 Å². The number of hydrogen-bond acceptors (Lipinski definition) is 3. The summed E-state index contributed by atoms with van der Waals surface area (Å²) < 4.78 is 13.5. The average molecular weight is 266 g/mol. The highest BCUT2D eigenvalue weighted by Gasteiger charge is 2.29. The number of benzene rings is 1. The second-order valence-electron chi connectivity index (χ2n) is 5.99. The number of nitro benzene ring substituents is 1. The lowest BCUT2D eigenvalue weighted by Gasteiger charge is -2.35. The summed E-state index contributed by atoms with van der Waals surface area (Å²) in [5.74, 6) is -0.787. The SMILES string of the molecule is CC1(C)CCCC(Nc2cccc(F)c2[N+](=O)[O-])C1. The molecule has 1 N–H and O–H groups in total. The lowest BCUT2D eigenvalue weighted by atomic mass is 9.75. The van der Waals surface area contributed by atoms with Crippen LogP contribution in [0.1, 0.15) is 39.5 Å². The average Bonchev–Trinajstić information content (AvgIpc) is 2.26. The van der Waals surface area contributed by atoms with Gasteiger partial charge in [-0.25, -0.2) is 0 Å². The quantitative estimate of drug-likeness (QED) is 0.661. The molecule has 1 aromatic rings. The van der Waals surface area contributed by atoms with Crippen LogP contribution in [0.2, 0.25) is 0 Å². The van der Waals surface area contributed by atoms with Crippen molar-refractivity contribution in [1.82, 2.24) is 0 Å². The van der Waals surface area contributed by atoms with Crippen molar-refractivity contribution in [3.63, 3.8) is 0 Å². The lowest BCUT2D eigenvalue weighted by Crippen LogP contribution is -2.32. The van der Waals surface area contributed by atoms with E-state index >= 15 is 0 Å². The second-order valence-corrected chi connectivity index (χ2v) is 5.99. The molecule has 1 saturated carbocycles. The molecular formula is C14H19FN2O2. The van der Waals surface area contributed by atoms with E-state index in [4.69, 9.17) is 0 Å². The molecule has 0 amide bonds. The Morgan fingerprint density at radius 3 is 2.84 bits per heavy atom. The third kappa shape index (κ3) is 3.22. The van der Waals surface area contributed by atoms with E-state index in [1.807, 2.05) is 0 Å². The highest BCUT2D eigenvalue weighted by Crippen LogP contribution is 2.37. The lowest BCUT2D eigenvalue weighted by molar-refractivity contribution is -0.386. The van der Waals surface area contributed by atoms with Gasteiger partial charge in [0.1, 0.15) is 5.69 Å². The molecule has 0 heterocycles. The van der Waals surface area contributed by atoms with Crippen molar-refractivity contribution >= 4 is 11.4 Å². The van der Waals surface area contributed by atoms with Gasteiger partial charge in [-0.05, 0) is 36.8 Å². The van der Waals surface area contributed by atoms with Gasteiger partial charge >= 0.3 is 5.69 Å². The zero-order valence-electron chi connectivity index (χ0n) is 11.3. The van der Waals surface area contributed by atoms with E-state index in [1.54, 1.807) is 6.07 Å². The molecule has 4 nitrogen and oxygen atoms in total. The monoisotopic (exact) mass is 266 g/mol. The summed E-state index contributed by atoms with van der Waals surface area (Å²) in [6.45, 7) is 4.39. The van der Waals surface area contributed by atoms with Crippen LogP contribution >= 0.6 is 0 Å². The second kappa shape index (κ2) is 5.15. The maximum absolute atomic E-state index is 13.5. The van der Waals surface area contributed by atoms with E-state index in [0.717, 1.165) is 31.7 Å². The summed E-state index contributed by atoms with van der Waals surface area (Å²) in [5.41, 5.74) is 0.0662. The predicted octanol–water partition coefficient (Wildman–Crippen LogP) is 4.11. The molecule has 0 radical (unpaired) electrons. The first kappa shape index (κ1) is 13.8. The fourth-order valence-electron chi connectivity index (χ4n) is 2.86. The van der Waals surface area contributed by atoms with Crippen LogP contribution in [0.4, 0.5) is 15.8 Å². The fraction of sp³-hybridized carbons (Fsp3) is 0.571. The fourth-order valence-corrected chi connectivity index (χ4v) is 2.86. The van der Waals surface area contributed by atoms with Gasteiger partial charge in [-0.1, -0.05) is 26.3 Å². The first-order valence-corrected chi connectivity index (χ1v) is 6.58. The molecule has 1 unspecified atom stereocenters. The summed E-state index contributed by atoms with van der Waals surface area (Å²) in [6, 6.07) is 4.36. The molecule has 0 spiro atoms. The molecule has 1 aliphatic carbocycles. The number of rotatable bonds is 3. The summed E-state index contributed by atoms with van der Waals surface area (Å²) in [7, 11) is 0. The van der Waals surface area contributed by atoms with Crippen molar-refractivity contribution in [3.05, 3.63) is 34.1 Å². The smallest absolute Gasteiger partial charge is 0.327 e. The number of para-hydroxylation sites is 1. The standard InChI is InChI=1S/C14H19FN2O2/c1-14(2)8-4-5-10(9-14)16-12-7-3-6-11(15)13(12)17(18)19/h3,6-7,10,16H,4-5,8-9H2,1-2H3. The van der Waals surface area contributed by atoms with Gasteiger partial charge in [0.2, 0.25) is 5.82 Å². The first-order valence-electron chi connectivity index (χ1n) is 6.58. The third-order valence-corrected chi connectivity index (χ3v) is 3.73. The number of halogens is 1. The summed E-state index contributed by atoms with van der Waals surface area (Å²) in [5, 5.41) is 14.1. The molecule has 0 aliphatic heterocycles. The van der Waals surface area contributed by atoms with Crippen LogP contribution in [0.25, 0.3) is 0 Å². The summed E-state index contributed by atoms with van der Waals surface area (Å²) in [4.78, 5) is 10.3. The molecule has 1 aromatic carbocycles. The summed E-state index contributed by atoms with van der Waals surface area (Å²) in [6.07, 6.45) is 4.17. The summed E-state index contributed by atoms with van der Waals surface area (Å²) >= 11 is 0. The van der Waals surface area contributed by atoms with Crippen LogP contribution in [-0.4, -0.2) is 11.0 Å². The molecule has 2 rings (SSSR count). The molecule has 0 saturated heterocycles. The van der Waals surface area contributed by atoms with Gasteiger partial charge in [-0.2, -0.15) is 4.39 Å². The molecule has 1 fully saturated rings. The Bertz CT molecular complexity index is 488. The molecule has 1 atom stereocenters. The number of nitro groups is 1. The van der Waals surface area contributed by atoms with Crippen LogP contribution < -0.4 is 5.32 Å². The topological polar surface area (TPSA) is 55.2 Å². The van der Waals surface area contributed by atoms with Crippen molar-refractivity contribution in [3.8, 4) is 0 Å². The van der Waals surface area contributed by atoms with Crippen LogP contribution in [0.5, 0.6) is 0 Å². The van der Waals surface area contributed by atoms with Crippen LogP contribution in [-0.2, 0) is 0 Å². The molecule has 19 heavy (non-hydrogen) atoms. The highest BCUT2D eigenvalue weighted by atomic mass is 19.1. The molecule has 104 valence electrons. The Morgan fingerprint density at radius 1 is 1.47 bits per heavy atom. The number of nitrogens with one attached hydrogen (secondary N) is 1. The first-order chi connectivity index (χ1) is 8.89. The van der Waals surface area contributed by atoms with Gasteiger partial charge < -0.3 is 5.32 Å². The Balaban J connectivity index is 2.19. The minimum absolute atomic E-state index is 0.171. The maximum atomic E-state index is 13.5. The molecule has 1 aliphatic rings. The van der Waals surface area contributed by atoms with Crippen LogP contribution in [0.15, 0.2) is 18.2 Å². The normalized spacial score (nSPS) is 21.9. The van der Waals surface area contributed by atoms with E-state index in [2.05, 4.69) is 19.2 Å². The Kier molecular flexibility index (Phi) is 3.73. The number of hydrogen-bond donors (Lipinski definition) is 1. The molecular weight excluding hydrogens is 247 g/mol. The van der Waals surface area contributed by atoms with Gasteiger partial charge in [0.25, 0.3) is 0 Å². The van der Waals surface area contributed by atoms with E-state index in [9.17, 15) is 14.5 Å². The van der Waals surface area contributed by atoms with Crippen molar-refractivity contribution in [1.29, 1.82) is 0 Å². The van der Waals surface area contributed by atoms with Crippen molar-refractivity contribution in [2.24, 2.45) is 5.41 Å². The Hall–Kier alpha value is -1.65. The predicted molar refractivity (Wildman–Crippen MR) is 72.7 cm³/mol. The third-order valence-electron chi connectivity index (χ3n) is 3.73. The molecule has 0 aromatic heterocycles. The largest absolute Gasteiger partial charge is 0.377 e. The van der Waals surface area contributed by atoms with Gasteiger partial charge in [-0.15, -0.1) is 0 Å². The van der Waals surface area contributed by atoms with Gasteiger partial charge in [0, 0.05) is 6.04 Å². The van der Waals surface area contributed by atoms with Gasteiger partial charge in [0.15, 0.2) is 0 Å². The van der Waals surface area contributed by atoms with Gasteiger partial charge in [0.05, 0.1) is 4.92 Å². The minimum atomic E-state index is -0.787. The highest BCUT2D eigenvalue weighted by molar-refractivity contribution is 5.62. The van der Waals surface area contributed by atoms with Crippen LogP contribution in [0.3, 0.4) is 0 Å². The van der Waals surface area contributed by atoms with E-state index in [-0.39, 0.29) is 17.1 Å². The molecule has 0 bridgehead atoms. The Morgan fingerprint density at radius 2 is 2.21 bits per heavy atom. The minimum Gasteiger partial charge on any atom is -0.377 e. The van der Waals surface area contributed by atoms with Crippen molar-refractivity contribution < 1.29 is 9.31 Å². The number of anilines is 1. The Labute approximate surface area is 112 Å². The van der Waals surface area contributed by atoms with Gasteiger partial charge in [-0.3, -0.25) is 10.1 Å². The van der Waals surface area contributed by atoms with Crippen LogP contribution in [0, 0.1) is 21.3 Å². The molecule has 5 heteroatoms. The maximum Gasteiger partial charge on any atom is 0.327 e. The van der Waals surface area contributed by atoms with E-state index < -0.39 is 16.4 Å². The van der Waals surface area contributed by atoms with Crippen molar-refractivity contribution in [2.75, 3.05) is 5.32 Å². The zero-order chi connectivity index (χ0) is 14.0.